The highest BCUT2D eigenvalue weighted by Crippen LogP contribution is 2.31. The molecule has 3 rings (SSSR count). The fraction of sp³-hybridized carbons (Fsp3) is 0.250. The number of ether oxygens (including phenoxy) is 1. The molecule has 1 aromatic heterocycles. The summed E-state index contributed by atoms with van der Waals surface area (Å²) in [6.45, 7) is 1.90. The van der Waals surface area contributed by atoms with Gasteiger partial charge in [-0.3, -0.25) is 4.79 Å². The molecule has 0 fully saturated rings. The Morgan fingerprint density at radius 1 is 1.33 bits per heavy atom. The summed E-state index contributed by atoms with van der Waals surface area (Å²) in [4.78, 5) is 15.6. The number of carbonyl (C=O) groups excluding carboxylic acids is 1. The Morgan fingerprint density at radius 2 is 2.19 bits per heavy atom. The van der Waals surface area contributed by atoms with E-state index in [2.05, 4.69) is 10.3 Å². The molecule has 1 amide bonds. The van der Waals surface area contributed by atoms with Crippen LogP contribution in [-0.4, -0.2) is 10.9 Å². The standard InChI is InChI=1S/C16H17N3O2/c1-10(17)13-3-2-8-18-16(13)21-12-5-6-14-11(9-12)4-7-15(20)19-14/h2-3,5-6,8-10H,4,7,17H2,1H3,(H,19,20)/t10-/m1/s1. The normalized spacial score (nSPS) is 15.0. The third-order valence-corrected chi connectivity index (χ3v) is 3.48. The van der Waals surface area contributed by atoms with Crippen molar-refractivity contribution in [2.45, 2.75) is 25.8 Å². The van der Waals surface area contributed by atoms with Gasteiger partial charge >= 0.3 is 0 Å². The number of aryl methyl sites for hydroxylation is 1. The van der Waals surface area contributed by atoms with Crippen molar-refractivity contribution in [3.63, 3.8) is 0 Å². The average Bonchev–Trinajstić information content (AvgIpc) is 2.48. The lowest BCUT2D eigenvalue weighted by molar-refractivity contribution is -0.116. The number of fused-ring (bicyclic) bond motifs is 1. The third kappa shape index (κ3) is 2.87. The topological polar surface area (TPSA) is 77.2 Å². The number of aromatic nitrogens is 1. The maximum Gasteiger partial charge on any atom is 0.224 e. The second-order valence-corrected chi connectivity index (χ2v) is 5.16. The lowest BCUT2D eigenvalue weighted by Gasteiger charge is -2.18. The zero-order valence-corrected chi connectivity index (χ0v) is 11.8. The first-order valence-electron chi connectivity index (χ1n) is 6.94. The number of pyridine rings is 1. The molecule has 5 heteroatoms. The van der Waals surface area contributed by atoms with Crippen LogP contribution in [0.15, 0.2) is 36.5 Å². The molecule has 0 bridgehead atoms. The van der Waals surface area contributed by atoms with Crippen molar-refractivity contribution in [2.75, 3.05) is 5.32 Å². The van der Waals surface area contributed by atoms with Gasteiger partial charge in [-0.1, -0.05) is 6.07 Å². The van der Waals surface area contributed by atoms with E-state index >= 15 is 0 Å². The van der Waals surface area contributed by atoms with E-state index < -0.39 is 0 Å². The summed E-state index contributed by atoms with van der Waals surface area (Å²) < 4.78 is 5.86. The first-order chi connectivity index (χ1) is 10.1. The number of hydrogen-bond donors (Lipinski definition) is 2. The second-order valence-electron chi connectivity index (χ2n) is 5.16. The van der Waals surface area contributed by atoms with E-state index in [1.807, 2.05) is 37.3 Å². The number of nitrogens with one attached hydrogen (secondary N) is 1. The number of anilines is 1. The Morgan fingerprint density at radius 3 is 3.00 bits per heavy atom. The molecule has 21 heavy (non-hydrogen) atoms. The Balaban J connectivity index is 1.88. The third-order valence-electron chi connectivity index (χ3n) is 3.48. The summed E-state index contributed by atoms with van der Waals surface area (Å²) >= 11 is 0. The summed E-state index contributed by atoms with van der Waals surface area (Å²) in [5.74, 6) is 1.28. The number of nitrogens with zero attached hydrogens (tertiary/aromatic N) is 1. The van der Waals surface area contributed by atoms with Gasteiger partial charge in [-0.15, -0.1) is 0 Å². The van der Waals surface area contributed by atoms with Gasteiger partial charge in [0.2, 0.25) is 11.8 Å². The predicted molar refractivity (Wildman–Crippen MR) is 80.3 cm³/mol. The Bertz CT molecular complexity index is 683. The van der Waals surface area contributed by atoms with Crippen LogP contribution in [0.3, 0.4) is 0 Å². The van der Waals surface area contributed by atoms with Crippen molar-refractivity contribution in [3.8, 4) is 11.6 Å². The van der Waals surface area contributed by atoms with E-state index in [1.54, 1.807) is 6.20 Å². The highest BCUT2D eigenvalue weighted by molar-refractivity contribution is 5.94. The highest BCUT2D eigenvalue weighted by atomic mass is 16.5. The van der Waals surface area contributed by atoms with Crippen LogP contribution in [0.5, 0.6) is 11.6 Å². The fourth-order valence-corrected chi connectivity index (χ4v) is 2.37. The largest absolute Gasteiger partial charge is 0.439 e. The van der Waals surface area contributed by atoms with Crippen molar-refractivity contribution in [3.05, 3.63) is 47.7 Å². The molecule has 0 spiro atoms. The molecular weight excluding hydrogens is 266 g/mol. The molecule has 1 aliphatic heterocycles. The lowest BCUT2D eigenvalue weighted by atomic mass is 10.0. The number of carbonyl (C=O) groups is 1. The molecular formula is C16H17N3O2. The molecule has 1 aliphatic rings. The summed E-state index contributed by atoms with van der Waals surface area (Å²) in [6.07, 6.45) is 2.91. The van der Waals surface area contributed by atoms with Crippen molar-refractivity contribution >= 4 is 11.6 Å². The SMILES string of the molecule is C[C@@H](N)c1cccnc1Oc1ccc2c(c1)CCC(=O)N2. The van der Waals surface area contributed by atoms with Crippen molar-refractivity contribution < 1.29 is 9.53 Å². The van der Waals surface area contributed by atoms with Gasteiger partial charge in [-0.2, -0.15) is 0 Å². The molecule has 0 radical (unpaired) electrons. The first kappa shape index (κ1) is 13.6. The number of hydrogen-bond acceptors (Lipinski definition) is 4. The van der Waals surface area contributed by atoms with Crippen molar-refractivity contribution in [1.29, 1.82) is 0 Å². The molecule has 2 heterocycles. The minimum absolute atomic E-state index is 0.0557. The Labute approximate surface area is 123 Å². The van der Waals surface area contributed by atoms with Gasteiger partial charge in [-0.05, 0) is 43.2 Å². The van der Waals surface area contributed by atoms with Crippen LogP contribution in [0.25, 0.3) is 0 Å². The van der Waals surface area contributed by atoms with Gasteiger partial charge in [0.25, 0.3) is 0 Å². The number of benzene rings is 1. The van der Waals surface area contributed by atoms with E-state index in [-0.39, 0.29) is 11.9 Å². The summed E-state index contributed by atoms with van der Waals surface area (Å²) in [7, 11) is 0. The molecule has 1 atom stereocenters. The summed E-state index contributed by atoms with van der Waals surface area (Å²) in [5, 5.41) is 2.85. The molecule has 3 N–H and O–H groups in total. The summed E-state index contributed by atoms with van der Waals surface area (Å²) in [5.41, 5.74) is 8.72. The van der Waals surface area contributed by atoms with Gasteiger partial charge in [0.15, 0.2) is 0 Å². The minimum Gasteiger partial charge on any atom is -0.439 e. The molecule has 1 aromatic carbocycles. The van der Waals surface area contributed by atoms with E-state index in [9.17, 15) is 4.79 Å². The first-order valence-corrected chi connectivity index (χ1v) is 6.94. The molecule has 0 aliphatic carbocycles. The smallest absolute Gasteiger partial charge is 0.224 e. The second kappa shape index (κ2) is 5.54. The molecule has 0 saturated carbocycles. The summed E-state index contributed by atoms with van der Waals surface area (Å²) in [6, 6.07) is 9.22. The lowest BCUT2D eigenvalue weighted by Crippen LogP contribution is -2.18. The van der Waals surface area contributed by atoms with Crippen LogP contribution in [-0.2, 0) is 11.2 Å². The number of amides is 1. The van der Waals surface area contributed by atoms with E-state index in [4.69, 9.17) is 10.5 Å². The van der Waals surface area contributed by atoms with Gasteiger partial charge in [0.05, 0.1) is 0 Å². The Kier molecular flexibility index (Phi) is 3.58. The highest BCUT2D eigenvalue weighted by Gasteiger charge is 2.16. The van der Waals surface area contributed by atoms with Crippen LogP contribution >= 0.6 is 0 Å². The zero-order valence-electron chi connectivity index (χ0n) is 11.8. The average molecular weight is 283 g/mol. The quantitative estimate of drug-likeness (QED) is 0.908. The van der Waals surface area contributed by atoms with Crippen LogP contribution < -0.4 is 15.8 Å². The number of rotatable bonds is 3. The van der Waals surface area contributed by atoms with Gasteiger partial charge in [0.1, 0.15) is 5.75 Å². The van der Waals surface area contributed by atoms with Crippen molar-refractivity contribution in [2.24, 2.45) is 5.73 Å². The number of nitrogens with two attached hydrogens (primary N) is 1. The maximum absolute atomic E-state index is 11.4. The van der Waals surface area contributed by atoms with E-state index in [0.717, 1.165) is 23.2 Å². The van der Waals surface area contributed by atoms with Crippen LogP contribution in [0, 0.1) is 0 Å². The molecule has 0 unspecified atom stereocenters. The van der Waals surface area contributed by atoms with Gasteiger partial charge in [0, 0.05) is 29.9 Å². The zero-order chi connectivity index (χ0) is 14.8. The van der Waals surface area contributed by atoms with Crippen LogP contribution in [0.4, 0.5) is 5.69 Å². The monoisotopic (exact) mass is 283 g/mol. The van der Waals surface area contributed by atoms with E-state index in [0.29, 0.717) is 18.1 Å². The van der Waals surface area contributed by atoms with Gasteiger partial charge in [-0.25, -0.2) is 4.98 Å². The van der Waals surface area contributed by atoms with Crippen molar-refractivity contribution in [1.82, 2.24) is 4.98 Å². The molecule has 2 aromatic rings. The van der Waals surface area contributed by atoms with Crippen LogP contribution in [0.1, 0.15) is 30.5 Å². The minimum atomic E-state index is -0.148. The predicted octanol–water partition coefficient (Wildman–Crippen LogP) is 2.78. The Hall–Kier alpha value is -2.40. The molecule has 5 nitrogen and oxygen atoms in total. The molecule has 108 valence electrons. The maximum atomic E-state index is 11.4. The van der Waals surface area contributed by atoms with E-state index in [1.165, 1.54) is 0 Å². The molecule has 0 saturated heterocycles. The van der Waals surface area contributed by atoms with Crippen LogP contribution in [0.2, 0.25) is 0 Å². The fourth-order valence-electron chi connectivity index (χ4n) is 2.37. The van der Waals surface area contributed by atoms with Gasteiger partial charge < -0.3 is 15.8 Å².